The van der Waals surface area contributed by atoms with Crippen molar-refractivity contribution in [1.82, 2.24) is 4.90 Å². The van der Waals surface area contributed by atoms with Crippen LogP contribution in [0.4, 0.5) is 29.3 Å². The minimum absolute atomic E-state index is 0.00474. The van der Waals surface area contributed by atoms with Crippen LogP contribution < -0.4 is 9.80 Å². The van der Waals surface area contributed by atoms with E-state index < -0.39 is 47.5 Å². The Hall–Kier alpha value is -3.89. The van der Waals surface area contributed by atoms with Gasteiger partial charge in [-0.3, -0.25) is 24.2 Å². The summed E-state index contributed by atoms with van der Waals surface area (Å²) in [4.78, 5) is 55.9. The number of rotatable bonds is 5. The molecule has 38 heavy (non-hydrogen) atoms. The number of hydrogen-bond donors (Lipinski definition) is 0. The van der Waals surface area contributed by atoms with Crippen molar-refractivity contribution in [3.63, 3.8) is 0 Å². The third-order valence-corrected chi connectivity index (χ3v) is 7.21. The Kier molecular flexibility index (Phi) is 6.75. The molecule has 1 atom stereocenters. The van der Waals surface area contributed by atoms with E-state index >= 15 is 0 Å². The van der Waals surface area contributed by atoms with Gasteiger partial charge in [-0.1, -0.05) is 12.1 Å². The Morgan fingerprint density at radius 3 is 2.45 bits per heavy atom. The largest absolute Gasteiger partial charge is 0.465 e. The predicted molar refractivity (Wildman–Crippen MR) is 132 cm³/mol. The van der Waals surface area contributed by atoms with Gasteiger partial charge in [-0.2, -0.15) is 13.2 Å². The molecule has 4 amide bonds. The number of carbonyl (C=O) groups excluding carboxylic acids is 4. The lowest BCUT2D eigenvalue weighted by Gasteiger charge is -2.38. The summed E-state index contributed by atoms with van der Waals surface area (Å²) in [5.74, 6) is -3.18. The first-order valence-corrected chi connectivity index (χ1v) is 12.1. The molecule has 0 aromatic heterocycles. The van der Waals surface area contributed by atoms with Crippen LogP contribution in [0, 0.1) is 12.8 Å². The number of fused-ring (bicyclic) bond motifs is 1. The van der Waals surface area contributed by atoms with Gasteiger partial charge in [0.05, 0.1) is 30.7 Å². The van der Waals surface area contributed by atoms with Gasteiger partial charge >= 0.3 is 18.2 Å². The highest BCUT2D eigenvalue weighted by Gasteiger charge is 2.46. The lowest BCUT2D eigenvalue weighted by Crippen LogP contribution is -2.58. The van der Waals surface area contributed by atoms with Crippen molar-refractivity contribution in [2.45, 2.75) is 45.8 Å². The van der Waals surface area contributed by atoms with Gasteiger partial charge in [0.2, 0.25) is 11.8 Å². The predicted octanol–water partition coefficient (Wildman–Crippen LogP) is 4.42. The van der Waals surface area contributed by atoms with Crippen LogP contribution in [0.1, 0.15) is 43.0 Å². The Morgan fingerprint density at radius 2 is 1.82 bits per heavy atom. The van der Waals surface area contributed by atoms with Crippen molar-refractivity contribution >= 4 is 35.2 Å². The smallest absolute Gasteiger partial charge is 0.416 e. The Bertz CT molecular complexity index is 1340. The molecule has 0 aliphatic carbocycles. The van der Waals surface area contributed by atoms with Gasteiger partial charge in [0.15, 0.2) is 5.92 Å². The number of likely N-dealkylation sites (N-methyl/N-ethyl adjacent to an activating group) is 1. The standard InChI is InChI=1S/C27H28F3N3O5/c1-6-38-23(35)18-14-32(17-10-11-21-20(12-17)26(3,4)24(36)31(21)5)25(37)33(22(18)34)13-16-8-7-9-19(15(16)2)27(28,29)30/h7-12,18H,6,13-14H2,1-5H3. The molecule has 2 aromatic rings. The van der Waals surface area contributed by atoms with Crippen molar-refractivity contribution < 1.29 is 37.1 Å². The number of benzene rings is 2. The maximum Gasteiger partial charge on any atom is 0.416 e. The molecule has 1 saturated heterocycles. The molecule has 4 rings (SSSR count). The van der Waals surface area contributed by atoms with E-state index in [4.69, 9.17) is 4.74 Å². The zero-order chi connectivity index (χ0) is 28.2. The van der Waals surface area contributed by atoms with E-state index in [0.717, 1.165) is 11.0 Å². The first-order chi connectivity index (χ1) is 17.7. The van der Waals surface area contributed by atoms with Crippen molar-refractivity contribution in [2.75, 3.05) is 30.0 Å². The topological polar surface area (TPSA) is 87.2 Å². The number of hydrogen-bond acceptors (Lipinski definition) is 5. The number of amides is 4. The van der Waals surface area contributed by atoms with Gasteiger partial charge in [-0.25, -0.2) is 4.79 Å². The number of carbonyl (C=O) groups is 4. The molecule has 2 heterocycles. The second-order valence-electron chi connectivity index (χ2n) is 9.90. The summed E-state index contributed by atoms with van der Waals surface area (Å²) >= 11 is 0. The number of imide groups is 1. The molecule has 202 valence electrons. The number of nitrogens with zero attached hydrogens (tertiary/aromatic N) is 3. The van der Waals surface area contributed by atoms with Crippen LogP contribution in [-0.2, 0) is 37.3 Å². The lowest BCUT2D eigenvalue weighted by molar-refractivity contribution is -0.154. The van der Waals surface area contributed by atoms with Crippen LogP contribution in [0.3, 0.4) is 0 Å². The van der Waals surface area contributed by atoms with Gasteiger partial charge in [0.25, 0.3) is 0 Å². The van der Waals surface area contributed by atoms with Gasteiger partial charge in [-0.05, 0) is 68.7 Å². The summed E-state index contributed by atoms with van der Waals surface area (Å²) in [7, 11) is 1.65. The first kappa shape index (κ1) is 27.2. The molecule has 8 nitrogen and oxygen atoms in total. The zero-order valence-electron chi connectivity index (χ0n) is 21.7. The van der Waals surface area contributed by atoms with Crippen molar-refractivity contribution in [1.29, 1.82) is 0 Å². The lowest BCUT2D eigenvalue weighted by atomic mass is 9.86. The van der Waals surface area contributed by atoms with Crippen LogP contribution in [0.2, 0.25) is 0 Å². The molecule has 0 N–H and O–H groups in total. The normalized spacial score (nSPS) is 19.2. The monoisotopic (exact) mass is 531 g/mol. The van der Waals surface area contributed by atoms with E-state index in [1.165, 1.54) is 28.9 Å². The van der Waals surface area contributed by atoms with E-state index in [0.29, 0.717) is 16.9 Å². The summed E-state index contributed by atoms with van der Waals surface area (Å²) in [6, 6.07) is 7.71. The molecule has 0 radical (unpaired) electrons. The van der Waals surface area contributed by atoms with Gasteiger partial charge in [-0.15, -0.1) is 0 Å². The molecule has 1 fully saturated rings. The molecule has 2 aromatic carbocycles. The number of esters is 1. The number of alkyl halides is 3. The molecule has 2 aliphatic heterocycles. The second kappa shape index (κ2) is 9.45. The Balaban J connectivity index is 1.76. The number of halogens is 3. The molecule has 11 heteroatoms. The van der Waals surface area contributed by atoms with Crippen LogP contribution in [0.5, 0.6) is 0 Å². The third kappa shape index (κ3) is 4.39. The fourth-order valence-corrected chi connectivity index (χ4v) is 5.01. The van der Waals surface area contributed by atoms with Crippen molar-refractivity contribution in [3.05, 3.63) is 58.7 Å². The SMILES string of the molecule is CCOC(=O)C1CN(c2ccc3c(c2)C(C)(C)C(=O)N3C)C(=O)N(Cc2cccc(C(F)(F)F)c2C)C1=O. The van der Waals surface area contributed by atoms with Gasteiger partial charge in [0.1, 0.15) is 0 Å². The second-order valence-corrected chi connectivity index (χ2v) is 9.90. The highest BCUT2D eigenvalue weighted by molar-refractivity contribution is 6.13. The van der Waals surface area contributed by atoms with Crippen molar-refractivity contribution in [3.8, 4) is 0 Å². The summed E-state index contributed by atoms with van der Waals surface area (Å²) in [5, 5.41) is 0. The van der Waals surface area contributed by atoms with E-state index in [1.54, 1.807) is 46.0 Å². The van der Waals surface area contributed by atoms with Gasteiger partial charge in [0, 0.05) is 18.4 Å². The Morgan fingerprint density at radius 1 is 1.13 bits per heavy atom. The molecular weight excluding hydrogens is 503 g/mol. The summed E-state index contributed by atoms with van der Waals surface area (Å²) in [5.41, 5.74) is -0.0652. The fourth-order valence-electron chi connectivity index (χ4n) is 5.01. The molecule has 2 aliphatic rings. The number of ether oxygens (including phenoxy) is 1. The molecule has 0 spiro atoms. The van der Waals surface area contributed by atoms with E-state index in [2.05, 4.69) is 0 Å². The molecule has 1 unspecified atom stereocenters. The quantitative estimate of drug-likeness (QED) is 0.421. The highest BCUT2D eigenvalue weighted by Crippen LogP contribution is 2.43. The average Bonchev–Trinajstić information content (AvgIpc) is 3.01. The number of anilines is 2. The first-order valence-electron chi connectivity index (χ1n) is 12.1. The number of urea groups is 1. The van der Waals surface area contributed by atoms with Crippen LogP contribution in [-0.4, -0.2) is 48.9 Å². The minimum Gasteiger partial charge on any atom is -0.465 e. The Labute approximate surface area is 217 Å². The highest BCUT2D eigenvalue weighted by atomic mass is 19.4. The van der Waals surface area contributed by atoms with Crippen LogP contribution in [0.15, 0.2) is 36.4 Å². The third-order valence-electron chi connectivity index (χ3n) is 7.21. The van der Waals surface area contributed by atoms with E-state index in [9.17, 15) is 32.3 Å². The molecule has 0 bridgehead atoms. The molecular formula is C27H28F3N3O5. The summed E-state index contributed by atoms with van der Waals surface area (Å²) in [6.45, 7) is 5.60. The fraction of sp³-hybridized carbons (Fsp3) is 0.407. The summed E-state index contributed by atoms with van der Waals surface area (Å²) in [6.07, 6.45) is -4.61. The minimum atomic E-state index is -4.61. The average molecular weight is 532 g/mol. The van der Waals surface area contributed by atoms with Crippen molar-refractivity contribution in [2.24, 2.45) is 5.92 Å². The van der Waals surface area contributed by atoms with Gasteiger partial charge < -0.3 is 9.64 Å². The maximum absolute atomic E-state index is 13.6. The maximum atomic E-state index is 13.6. The van der Waals surface area contributed by atoms with Crippen LogP contribution >= 0.6 is 0 Å². The summed E-state index contributed by atoms with van der Waals surface area (Å²) < 4.78 is 45.5. The van der Waals surface area contributed by atoms with E-state index in [1.807, 2.05) is 0 Å². The van der Waals surface area contributed by atoms with E-state index in [-0.39, 0.29) is 30.2 Å². The molecule has 0 saturated carbocycles. The van der Waals surface area contributed by atoms with Crippen LogP contribution in [0.25, 0.3) is 0 Å². The zero-order valence-corrected chi connectivity index (χ0v) is 21.7.